The van der Waals surface area contributed by atoms with E-state index >= 15 is 0 Å². The summed E-state index contributed by atoms with van der Waals surface area (Å²) in [6, 6.07) is 43.4. The molecule has 0 saturated carbocycles. The molecule has 0 aliphatic carbocycles. The first-order valence-corrected chi connectivity index (χ1v) is 14.7. The number of benzene rings is 6. The van der Waals surface area contributed by atoms with Crippen molar-refractivity contribution in [3.8, 4) is 5.69 Å². The van der Waals surface area contributed by atoms with E-state index < -0.39 is 0 Å². The predicted octanol–water partition coefficient (Wildman–Crippen LogP) is 7.23. The molecule has 2 aliphatic heterocycles. The van der Waals surface area contributed by atoms with E-state index in [0.717, 1.165) is 0 Å². The number of para-hydroxylation sites is 3. The van der Waals surface area contributed by atoms with Crippen LogP contribution in [0.4, 0.5) is 0 Å². The second kappa shape index (κ2) is 6.72. The summed E-state index contributed by atoms with van der Waals surface area (Å²) in [5.74, 6) is 0. The van der Waals surface area contributed by atoms with Crippen LogP contribution in [0.25, 0.3) is 65.6 Å². The largest absolute Gasteiger partial charge is 0.310 e. The minimum Gasteiger partial charge on any atom is -0.310 e. The van der Waals surface area contributed by atoms with Gasteiger partial charge in [0.15, 0.2) is 0 Å². The molecule has 6 aromatic carbocycles. The van der Waals surface area contributed by atoms with E-state index in [1.807, 2.05) is 11.8 Å². The molecule has 9 aromatic rings. The molecule has 40 heavy (non-hydrogen) atoms. The number of hydrogen-bond acceptors (Lipinski definition) is 1. The highest BCUT2D eigenvalue weighted by molar-refractivity contribution is 8.00. The molecule has 0 saturated heterocycles. The van der Waals surface area contributed by atoms with Crippen molar-refractivity contribution in [2.24, 2.45) is 0 Å². The predicted molar refractivity (Wildman–Crippen MR) is 171 cm³/mol. The number of fused-ring (bicyclic) bond motifs is 13. The van der Waals surface area contributed by atoms with Crippen LogP contribution in [-0.2, 0) is 0 Å². The van der Waals surface area contributed by atoms with Crippen LogP contribution in [0.2, 0.25) is 0 Å². The molecule has 182 valence electrons. The maximum absolute atomic E-state index is 2.57. The third-order valence-corrected chi connectivity index (χ3v) is 10.7. The summed E-state index contributed by atoms with van der Waals surface area (Å²) >= 11 is 1.92. The van der Waals surface area contributed by atoms with Gasteiger partial charge >= 0.3 is 0 Å². The lowest BCUT2D eigenvalue weighted by Crippen LogP contribution is -2.58. The minimum absolute atomic E-state index is 0.254. The fraction of sp³-hybridized carbons (Fsp3) is 0. The van der Waals surface area contributed by atoms with E-state index in [0.29, 0.717) is 0 Å². The molecule has 0 atom stereocenters. The summed E-state index contributed by atoms with van der Waals surface area (Å²) in [6.45, 7) is 0.254. The molecule has 2 nitrogen and oxygen atoms in total. The van der Waals surface area contributed by atoms with Crippen LogP contribution in [0, 0.1) is 0 Å². The van der Waals surface area contributed by atoms with Crippen LogP contribution in [0.1, 0.15) is 0 Å². The smallest absolute Gasteiger partial charge is 0.249 e. The van der Waals surface area contributed by atoms with Gasteiger partial charge in [0.05, 0.1) is 22.1 Å². The van der Waals surface area contributed by atoms with Crippen molar-refractivity contribution in [2.75, 3.05) is 0 Å². The van der Waals surface area contributed by atoms with Gasteiger partial charge in [-0.15, -0.1) is 0 Å². The monoisotopic (exact) mass is 522 g/mol. The zero-order valence-electron chi connectivity index (χ0n) is 21.3. The van der Waals surface area contributed by atoms with Gasteiger partial charge in [0.25, 0.3) is 0 Å². The third kappa shape index (κ3) is 2.15. The van der Waals surface area contributed by atoms with Gasteiger partial charge in [0.1, 0.15) is 0 Å². The molecule has 0 N–H and O–H groups in total. The SMILES string of the molecule is c1ccc2c(c1)Sc1cccc3c1B2c1cccc2c4cc5c6cccc7c8ccccc8n(c5cc4n-3c12)c76. The van der Waals surface area contributed by atoms with Gasteiger partial charge in [-0.2, -0.15) is 0 Å². The van der Waals surface area contributed by atoms with Gasteiger partial charge in [-0.05, 0) is 47.3 Å². The molecular formula is C36H19BN2S. The van der Waals surface area contributed by atoms with Crippen LogP contribution in [0.5, 0.6) is 0 Å². The Hall–Kier alpha value is -4.67. The Morgan fingerprint density at radius 2 is 1.15 bits per heavy atom. The maximum atomic E-state index is 2.57. The van der Waals surface area contributed by atoms with Gasteiger partial charge in [0, 0.05) is 53.3 Å². The lowest BCUT2D eigenvalue weighted by Gasteiger charge is -2.33. The molecular weight excluding hydrogens is 503 g/mol. The average Bonchev–Trinajstić information content (AvgIpc) is 3.63. The summed E-state index contributed by atoms with van der Waals surface area (Å²) < 4.78 is 5.06. The summed E-state index contributed by atoms with van der Waals surface area (Å²) in [5.41, 5.74) is 12.1. The summed E-state index contributed by atoms with van der Waals surface area (Å²) in [5, 5.41) is 8.00. The first-order chi connectivity index (χ1) is 19.9. The number of rotatable bonds is 0. The topological polar surface area (TPSA) is 9.34 Å². The fourth-order valence-electron chi connectivity index (χ4n) is 8.01. The standard InChI is InChI=1S/C36H19BN2S/c1-3-14-28-20(8-1)21-9-5-10-22-24-18-25-23-11-6-13-27-36(23)39(31(25)19-30(24)38(28)35(21)22)29-15-7-17-33-34(29)37(27)26-12-2-4-16-32(26)40-33/h1-19H. The first-order valence-electron chi connectivity index (χ1n) is 13.9. The normalized spacial score (nSPS) is 13.8. The Balaban J connectivity index is 1.37. The van der Waals surface area contributed by atoms with Gasteiger partial charge in [-0.1, -0.05) is 96.1 Å². The Labute approximate surface area is 233 Å². The van der Waals surface area contributed by atoms with Crippen molar-refractivity contribution in [3.05, 3.63) is 115 Å². The molecule has 2 aliphatic rings. The Morgan fingerprint density at radius 3 is 2.10 bits per heavy atom. The second-order valence-electron chi connectivity index (χ2n) is 11.3. The average molecular weight is 522 g/mol. The van der Waals surface area contributed by atoms with Crippen molar-refractivity contribution in [3.63, 3.8) is 0 Å². The van der Waals surface area contributed by atoms with E-state index in [-0.39, 0.29) is 6.71 Å². The Kier molecular flexibility index (Phi) is 3.41. The van der Waals surface area contributed by atoms with Crippen molar-refractivity contribution in [1.82, 2.24) is 8.97 Å². The zero-order chi connectivity index (χ0) is 25.7. The molecule has 0 radical (unpaired) electrons. The quantitative estimate of drug-likeness (QED) is 0.191. The molecule has 0 unspecified atom stereocenters. The molecule has 11 rings (SSSR count). The molecule has 4 heteroatoms. The van der Waals surface area contributed by atoms with Crippen LogP contribution >= 0.6 is 11.8 Å². The van der Waals surface area contributed by atoms with Gasteiger partial charge in [-0.25, -0.2) is 0 Å². The Morgan fingerprint density at radius 1 is 0.475 bits per heavy atom. The lowest BCUT2D eigenvalue weighted by atomic mass is 9.35. The van der Waals surface area contributed by atoms with E-state index in [1.165, 1.54) is 91.8 Å². The zero-order valence-corrected chi connectivity index (χ0v) is 22.2. The molecule has 3 aromatic heterocycles. The van der Waals surface area contributed by atoms with Crippen LogP contribution in [0.3, 0.4) is 0 Å². The number of nitrogens with zero attached hydrogens (tertiary/aromatic N) is 2. The first kappa shape index (κ1) is 20.3. The summed E-state index contributed by atoms with van der Waals surface area (Å²) in [7, 11) is 0. The van der Waals surface area contributed by atoms with E-state index in [4.69, 9.17) is 0 Å². The fourth-order valence-corrected chi connectivity index (χ4v) is 9.18. The van der Waals surface area contributed by atoms with Gasteiger partial charge in [0.2, 0.25) is 6.71 Å². The number of hydrogen-bond donors (Lipinski definition) is 0. The molecule has 0 fully saturated rings. The highest BCUT2D eigenvalue weighted by atomic mass is 32.2. The van der Waals surface area contributed by atoms with Gasteiger partial charge < -0.3 is 8.97 Å². The van der Waals surface area contributed by atoms with E-state index in [9.17, 15) is 0 Å². The van der Waals surface area contributed by atoms with Gasteiger partial charge in [-0.3, -0.25) is 0 Å². The molecule has 0 spiro atoms. The number of aromatic nitrogens is 2. The second-order valence-corrected chi connectivity index (χ2v) is 12.4. The van der Waals surface area contributed by atoms with Crippen molar-refractivity contribution in [2.45, 2.75) is 9.79 Å². The van der Waals surface area contributed by atoms with E-state index in [1.54, 1.807) is 0 Å². The lowest BCUT2D eigenvalue weighted by molar-refractivity contribution is 1.17. The van der Waals surface area contributed by atoms with E-state index in [2.05, 4.69) is 124 Å². The van der Waals surface area contributed by atoms with Crippen LogP contribution in [-0.4, -0.2) is 15.7 Å². The third-order valence-electron chi connectivity index (χ3n) is 9.50. The maximum Gasteiger partial charge on any atom is 0.249 e. The highest BCUT2D eigenvalue weighted by Crippen LogP contribution is 2.43. The van der Waals surface area contributed by atoms with Crippen LogP contribution in [0.15, 0.2) is 125 Å². The summed E-state index contributed by atoms with van der Waals surface area (Å²) in [4.78, 5) is 2.75. The molecule has 0 bridgehead atoms. The highest BCUT2D eigenvalue weighted by Gasteiger charge is 2.39. The van der Waals surface area contributed by atoms with Crippen molar-refractivity contribution < 1.29 is 0 Å². The van der Waals surface area contributed by atoms with Crippen molar-refractivity contribution >= 4 is 94.8 Å². The van der Waals surface area contributed by atoms with Crippen molar-refractivity contribution in [1.29, 1.82) is 0 Å². The molecule has 5 heterocycles. The Bertz CT molecular complexity index is 2590. The van der Waals surface area contributed by atoms with Crippen LogP contribution < -0.4 is 16.4 Å². The molecule has 0 amide bonds. The summed E-state index contributed by atoms with van der Waals surface area (Å²) in [6.07, 6.45) is 0. The minimum atomic E-state index is 0.254.